The molecule has 0 N–H and O–H groups in total. The Labute approximate surface area is 217 Å². The van der Waals surface area contributed by atoms with Crippen LogP contribution in [0.4, 0.5) is 0 Å². The molecule has 0 aromatic heterocycles. The Kier molecular flexibility index (Phi) is 10.1. The standard InChI is InChI=1S/C28H37NO8/c1-17(30)16-23-24(18(2)31)25(19(3)32)26(20(4)33)28(37-23)36-22-10-8-21(9-11-22)27(34)35-15-14-29-12-6-5-7-13-29/h8-11,23-26,28H,5-7,12-16H2,1-4H3. The number of ketones is 4. The molecule has 1 aromatic rings. The number of ether oxygens (including phenoxy) is 3. The van der Waals surface area contributed by atoms with Gasteiger partial charge in [-0.1, -0.05) is 6.42 Å². The van der Waals surface area contributed by atoms with Gasteiger partial charge in [0.05, 0.1) is 23.5 Å². The molecular weight excluding hydrogens is 478 g/mol. The third-order valence-electron chi connectivity index (χ3n) is 7.10. The Morgan fingerprint density at radius 2 is 1.43 bits per heavy atom. The summed E-state index contributed by atoms with van der Waals surface area (Å²) in [6.45, 7) is 8.44. The minimum atomic E-state index is -1.17. The van der Waals surface area contributed by atoms with Crippen LogP contribution in [0, 0.1) is 17.8 Å². The Morgan fingerprint density at radius 3 is 1.97 bits per heavy atom. The number of carbonyl (C=O) groups excluding carboxylic acids is 5. The van der Waals surface area contributed by atoms with E-state index in [-0.39, 0.29) is 29.6 Å². The molecule has 0 radical (unpaired) electrons. The maximum atomic E-state index is 12.6. The predicted molar refractivity (Wildman–Crippen MR) is 134 cm³/mol. The quantitative estimate of drug-likeness (QED) is 0.410. The third-order valence-corrected chi connectivity index (χ3v) is 7.10. The van der Waals surface area contributed by atoms with E-state index in [1.54, 1.807) is 24.3 Å². The fourth-order valence-electron chi connectivity index (χ4n) is 5.33. The predicted octanol–water partition coefficient (Wildman–Crippen LogP) is 3.03. The van der Waals surface area contributed by atoms with E-state index in [9.17, 15) is 24.0 Å². The monoisotopic (exact) mass is 515 g/mol. The van der Waals surface area contributed by atoms with Crippen LogP contribution in [0.5, 0.6) is 5.75 Å². The largest absolute Gasteiger partial charge is 0.464 e. The first-order valence-corrected chi connectivity index (χ1v) is 12.9. The van der Waals surface area contributed by atoms with E-state index >= 15 is 0 Å². The Bertz CT molecular complexity index is 998. The molecule has 9 nitrogen and oxygen atoms in total. The molecule has 2 fully saturated rings. The molecule has 202 valence electrons. The molecule has 2 saturated heterocycles. The van der Waals surface area contributed by atoms with Crippen LogP contribution in [0.15, 0.2) is 24.3 Å². The van der Waals surface area contributed by atoms with E-state index in [4.69, 9.17) is 14.2 Å². The van der Waals surface area contributed by atoms with E-state index in [1.165, 1.54) is 47.0 Å². The number of esters is 1. The lowest BCUT2D eigenvalue weighted by Gasteiger charge is -2.44. The van der Waals surface area contributed by atoms with Crippen molar-refractivity contribution in [1.82, 2.24) is 4.90 Å². The van der Waals surface area contributed by atoms with Crippen molar-refractivity contribution in [2.45, 2.75) is 65.8 Å². The summed E-state index contributed by atoms with van der Waals surface area (Å²) in [6, 6.07) is 6.22. The van der Waals surface area contributed by atoms with Gasteiger partial charge < -0.3 is 14.2 Å². The highest BCUT2D eigenvalue weighted by Crippen LogP contribution is 2.39. The zero-order valence-corrected chi connectivity index (χ0v) is 22.1. The van der Waals surface area contributed by atoms with Gasteiger partial charge in [0.15, 0.2) is 0 Å². The Hall–Kier alpha value is -2.91. The topological polar surface area (TPSA) is 116 Å². The molecule has 2 heterocycles. The van der Waals surface area contributed by atoms with Crippen molar-refractivity contribution in [3.8, 4) is 5.75 Å². The second-order valence-electron chi connectivity index (χ2n) is 10.0. The highest BCUT2D eigenvalue weighted by atomic mass is 16.7. The lowest BCUT2D eigenvalue weighted by molar-refractivity contribution is -0.216. The van der Waals surface area contributed by atoms with Crippen molar-refractivity contribution >= 4 is 29.1 Å². The third kappa shape index (κ3) is 7.55. The maximum absolute atomic E-state index is 12.6. The fraction of sp³-hybridized carbons (Fsp3) is 0.607. The van der Waals surface area contributed by atoms with E-state index < -0.39 is 36.1 Å². The normalized spacial score (nSPS) is 26.2. The SMILES string of the molecule is CC(=O)CC1OC(Oc2ccc(C(=O)OCCN3CCCCC3)cc2)C(C(C)=O)C(C(C)=O)C1C(C)=O. The molecular formula is C28H37NO8. The Morgan fingerprint density at radius 1 is 0.838 bits per heavy atom. The van der Waals surface area contributed by atoms with Crippen LogP contribution < -0.4 is 4.74 Å². The Balaban J connectivity index is 1.71. The average molecular weight is 516 g/mol. The molecule has 0 saturated carbocycles. The number of benzene rings is 1. The van der Waals surface area contributed by atoms with Crippen LogP contribution in [-0.2, 0) is 28.7 Å². The smallest absolute Gasteiger partial charge is 0.338 e. The van der Waals surface area contributed by atoms with Crippen molar-refractivity contribution in [1.29, 1.82) is 0 Å². The number of carbonyl (C=O) groups is 5. The van der Waals surface area contributed by atoms with E-state index in [1.807, 2.05) is 0 Å². The molecule has 0 aliphatic carbocycles. The number of rotatable bonds is 11. The van der Waals surface area contributed by atoms with Gasteiger partial charge in [0, 0.05) is 18.9 Å². The molecule has 2 aliphatic rings. The second-order valence-corrected chi connectivity index (χ2v) is 10.0. The molecule has 0 bridgehead atoms. The van der Waals surface area contributed by atoms with Crippen LogP contribution in [-0.4, -0.2) is 72.6 Å². The molecule has 1 aromatic carbocycles. The van der Waals surface area contributed by atoms with E-state index in [2.05, 4.69) is 4.90 Å². The maximum Gasteiger partial charge on any atom is 0.338 e. The van der Waals surface area contributed by atoms with Gasteiger partial charge >= 0.3 is 5.97 Å². The number of piperidine rings is 1. The van der Waals surface area contributed by atoms with Crippen molar-refractivity contribution in [3.63, 3.8) is 0 Å². The first-order valence-electron chi connectivity index (χ1n) is 12.9. The zero-order valence-electron chi connectivity index (χ0n) is 22.1. The first-order chi connectivity index (χ1) is 17.6. The average Bonchev–Trinajstić information content (AvgIpc) is 2.83. The summed E-state index contributed by atoms with van der Waals surface area (Å²) in [5, 5.41) is 0. The van der Waals surface area contributed by atoms with Crippen LogP contribution >= 0.6 is 0 Å². The van der Waals surface area contributed by atoms with Gasteiger partial charge in [-0.25, -0.2) is 4.79 Å². The van der Waals surface area contributed by atoms with Crippen molar-refractivity contribution < 1.29 is 38.2 Å². The van der Waals surface area contributed by atoms with E-state index in [0.29, 0.717) is 24.5 Å². The molecule has 3 rings (SSSR count). The molecule has 0 amide bonds. The summed E-state index contributed by atoms with van der Waals surface area (Å²) in [7, 11) is 0. The number of likely N-dealkylation sites (tertiary alicyclic amines) is 1. The van der Waals surface area contributed by atoms with Gasteiger partial charge in [0.25, 0.3) is 0 Å². The number of nitrogens with zero attached hydrogens (tertiary/aromatic N) is 1. The van der Waals surface area contributed by atoms with Crippen molar-refractivity contribution in [3.05, 3.63) is 29.8 Å². The van der Waals surface area contributed by atoms with Crippen molar-refractivity contribution in [2.75, 3.05) is 26.2 Å². The summed E-state index contributed by atoms with van der Waals surface area (Å²) in [5.41, 5.74) is 0.353. The molecule has 2 aliphatic heterocycles. The van der Waals surface area contributed by atoms with Gasteiger partial charge in [0.1, 0.15) is 35.5 Å². The molecule has 5 atom stereocenters. The highest BCUT2D eigenvalue weighted by molar-refractivity contribution is 5.94. The molecule has 37 heavy (non-hydrogen) atoms. The minimum Gasteiger partial charge on any atom is -0.464 e. The summed E-state index contributed by atoms with van der Waals surface area (Å²) in [4.78, 5) is 64.3. The summed E-state index contributed by atoms with van der Waals surface area (Å²) >= 11 is 0. The number of hydrogen-bond donors (Lipinski definition) is 0. The lowest BCUT2D eigenvalue weighted by Crippen LogP contribution is -2.56. The van der Waals surface area contributed by atoms with Gasteiger partial charge in [-0.05, 0) is 77.9 Å². The van der Waals surface area contributed by atoms with Gasteiger partial charge in [-0.2, -0.15) is 0 Å². The van der Waals surface area contributed by atoms with Gasteiger partial charge in [0.2, 0.25) is 6.29 Å². The zero-order chi connectivity index (χ0) is 27.1. The van der Waals surface area contributed by atoms with Gasteiger partial charge in [-0.15, -0.1) is 0 Å². The summed E-state index contributed by atoms with van der Waals surface area (Å²) in [5.74, 6) is -4.26. The summed E-state index contributed by atoms with van der Waals surface area (Å²) < 4.78 is 17.4. The number of hydrogen-bond acceptors (Lipinski definition) is 9. The first kappa shape index (κ1) is 28.7. The molecule has 5 unspecified atom stereocenters. The lowest BCUT2D eigenvalue weighted by atomic mass is 9.70. The van der Waals surface area contributed by atoms with E-state index in [0.717, 1.165) is 13.1 Å². The fourth-order valence-corrected chi connectivity index (χ4v) is 5.33. The molecule has 9 heteroatoms. The second kappa shape index (κ2) is 13.1. The van der Waals surface area contributed by atoms with Gasteiger partial charge in [-0.3, -0.25) is 24.1 Å². The summed E-state index contributed by atoms with van der Waals surface area (Å²) in [6.07, 6.45) is 1.44. The highest BCUT2D eigenvalue weighted by Gasteiger charge is 2.52. The van der Waals surface area contributed by atoms with Crippen LogP contribution in [0.25, 0.3) is 0 Å². The van der Waals surface area contributed by atoms with Crippen molar-refractivity contribution in [2.24, 2.45) is 17.8 Å². The minimum absolute atomic E-state index is 0.0826. The van der Waals surface area contributed by atoms with Crippen LogP contribution in [0.2, 0.25) is 0 Å². The van der Waals surface area contributed by atoms with Crippen LogP contribution in [0.1, 0.15) is 63.7 Å². The molecule has 0 spiro atoms. The van der Waals surface area contributed by atoms with Crippen LogP contribution in [0.3, 0.4) is 0 Å². The number of Topliss-reactive ketones (excluding diaryl/α,β-unsaturated/α-hetero) is 4.